The number of nitrogens with zero attached hydrogens (tertiary/aromatic N) is 1. The van der Waals surface area contributed by atoms with Crippen molar-refractivity contribution in [2.45, 2.75) is 18.4 Å². The molecule has 0 spiro atoms. The van der Waals surface area contributed by atoms with E-state index in [2.05, 4.69) is 0 Å². The van der Waals surface area contributed by atoms with E-state index in [0.29, 0.717) is 0 Å². The summed E-state index contributed by atoms with van der Waals surface area (Å²) in [7, 11) is 0. The fraction of sp³-hybridized carbons (Fsp3) is 0.300. The lowest BCUT2D eigenvalue weighted by Gasteiger charge is -2.19. The Bertz CT molecular complexity index is 529. The van der Waals surface area contributed by atoms with Gasteiger partial charge in [-0.3, -0.25) is 0 Å². The molecule has 9 heteroatoms. The lowest BCUT2D eigenvalue weighted by molar-refractivity contribution is -0.149. The van der Waals surface area contributed by atoms with Gasteiger partial charge in [0, 0.05) is 5.56 Å². The number of halogens is 6. The minimum atomic E-state index is -4.97. The Morgan fingerprint density at radius 3 is 2.05 bits per heavy atom. The zero-order chi connectivity index (χ0) is 15.0. The van der Waals surface area contributed by atoms with Crippen LogP contribution in [0.25, 0.3) is 0 Å². The quantitative estimate of drug-likeness (QED) is 0.779. The van der Waals surface area contributed by atoms with Crippen molar-refractivity contribution in [1.29, 1.82) is 5.26 Å². The largest absolute Gasteiger partial charge is 0.508 e. The van der Waals surface area contributed by atoms with Crippen molar-refractivity contribution in [1.82, 2.24) is 0 Å². The van der Waals surface area contributed by atoms with E-state index in [9.17, 15) is 31.4 Å². The number of benzene rings is 1. The SMILES string of the molecule is N#Cc1cc([C@H](N)C(F)(F)F)c(O)cc1C(F)(F)F. The molecule has 1 aromatic rings. The summed E-state index contributed by atoms with van der Waals surface area (Å²) < 4.78 is 74.4. The number of phenols is 1. The van der Waals surface area contributed by atoms with Gasteiger partial charge in [0.05, 0.1) is 17.2 Å². The molecule has 1 atom stereocenters. The molecule has 0 saturated carbocycles. The van der Waals surface area contributed by atoms with E-state index in [0.717, 1.165) is 6.07 Å². The summed E-state index contributed by atoms with van der Waals surface area (Å²) in [6.07, 6.45) is -9.92. The molecule has 0 fully saturated rings. The first-order chi connectivity index (χ1) is 8.48. The molecule has 3 nitrogen and oxygen atoms in total. The molecule has 0 aliphatic rings. The van der Waals surface area contributed by atoms with Gasteiger partial charge in [0.15, 0.2) is 0 Å². The highest BCUT2D eigenvalue weighted by Gasteiger charge is 2.41. The van der Waals surface area contributed by atoms with Crippen molar-refractivity contribution in [2.24, 2.45) is 5.73 Å². The fourth-order valence-corrected chi connectivity index (χ4v) is 1.36. The summed E-state index contributed by atoms with van der Waals surface area (Å²) in [6.45, 7) is 0. The summed E-state index contributed by atoms with van der Waals surface area (Å²) >= 11 is 0. The van der Waals surface area contributed by atoms with Gasteiger partial charge in [-0.15, -0.1) is 0 Å². The van der Waals surface area contributed by atoms with Gasteiger partial charge in [-0.05, 0) is 12.1 Å². The average Bonchev–Trinajstić information content (AvgIpc) is 2.25. The van der Waals surface area contributed by atoms with Gasteiger partial charge in [0.2, 0.25) is 0 Å². The first-order valence-corrected chi connectivity index (χ1v) is 4.65. The highest BCUT2D eigenvalue weighted by molar-refractivity contribution is 5.50. The first kappa shape index (κ1) is 15.1. The lowest BCUT2D eigenvalue weighted by atomic mass is 9.98. The third kappa shape index (κ3) is 3.08. The number of hydrogen-bond acceptors (Lipinski definition) is 3. The minimum absolute atomic E-state index is 0.0550. The molecule has 1 rings (SSSR count). The van der Waals surface area contributed by atoms with Crippen LogP contribution in [0.15, 0.2) is 12.1 Å². The molecule has 1 aromatic carbocycles. The topological polar surface area (TPSA) is 70.0 Å². The van der Waals surface area contributed by atoms with E-state index in [1.807, 2.05) is 0 Å². The number of alkyl halides is 6. The molecule has 0 aromatic heterocycles. The van der Waals surface area contributed by atoms with Gasteiger partial charge in [-0.1, -0.05) is 0 Å². The summed E-state index contributed by atoms with van der Waals surface area (Å²) in [5, 5.41) is 17.7. The van der Waals surface area contributed by atoms with Crippen LogP contribution in [0.1, 0.15) is 22.7 Å². The highest BCUT2D eigenvalue weighted by atomic mass is 19.4. The van der Waals surface area contributed by atoms with Crippen LogP contribution in [0, 0.1) is 11.3 Å². The zero-order valence-electron chi connectivity index (χ0n) is 8.97. The molecule has 0 aliphatic heterocycles. The number of aromatic hydroxyl groups is 1. The van der Waals surface area contributed by atoms with E-state index >= 15 is 0 Å². The second-order valence-corrected chi connectivity index (χ2v) is 3.59. The van der Waals surface area contributed by atoms with Gasteiger partial charge in [-0.25, -0.2) is 0 Å². The van der Waals surface area contributed by atoms with Crippen LogP contribution in [0.2, 0.25) is 0 Å². The minimum Gasteiger partial charge on any atom is -0.508 e. The third-order valence-corrected chi connectivity index (χ3v) is 2.28. The van der Waals surface area contributed by atoms with E-state index < -0.39 is 40.8 Å². The molecule has 0 unspecified atom stereocenters. The number of nitrogens with two attached hydrogens (primary N) is 1. The molecule has 0 radical (unpaired) electrons. The monoisotopic (exact) mass is 284 g/mol. The normalized spacial score (nSPS) is 14.0. The van der Waals surface area contributed by atoms with Crippen LogP contribution in [0.4, 0.5) is 26.3 Å². The smallest absolute Gasteiger partial charge is 0.417 e. The average molecular weight is 284 g/mol. The van der Waals surface area contributed by atoms with E-state index in [-0.39, 0.29) is 12.1 Å². The second-order valence-electron chi connectivity index (χ2n) is 3.59. The van der Waals surface area contributed by atoms with Gasteiger partial charge in [0.25, 0.3) is 0 Å². The summed E-state index contributed by atoms with van der Waals surface area (Å²) in [5.74, 6) is -1.27. The van der Waals surface area contributed by atoms with Crippen LogP contribution >= 0.6 is 0 Å². The molecular weight excluding hydrogens is 278 g/mol. The Morgan fingerprint density at radius 2 is 1.68 bits per heavy atom. The van der Waals surface area contributed by atoms with Gasteiger partial charge in [-0.2, -0.15) is 31.6 Å². The van der Waals surface area contributed by atoms with E-state index in [4.69, 9.17) is 11.0 Å². The molecule has 0 saturated heterocycles. The predicted octanol–water partition coefficient (Wildman–Crippen LogP) is 2.84. The van der Waals surface area contributed by atoms with E-state index in [1.54, 1.807) is 0 Å². The Morgan fingerprint density at radius 1 is 1.16 bits per heavy atom. The van der Waals surface area contributed by atoms with Crippen molar-refractivity contribution in [3.63, 3.8) is 0 Å². The number of hydrogen-bond donors (Lipinski definition) is 2. The Hall–Kier alpha value is -1.95. The molecule has 104 valence electrons. The maximum Gasteiger partial charge on any atom is 0.417 e. The van der Waals surface area contributed by atoms with Crippen molar-refractivity contribution >= 4 is 0 Å². The lowest BCUT2D eigenvalue weighted by Crippen LogP contribution is -2.28. The van der Waals surface area contributed by atoms with Gasteiger partial charge >= 0.3 is 12.4 Å². The Labute approximate surface area is 102 Å². The standard InChI is InChI=1S/C10H6F6N2O/c11-9(12,13)6-2-7(19)5(1-4(6)3-17)8(18)10(14,15)16/h1-2,8,19H,18H2/t8-/m0/s1. The number of phenolic OH excluding ortho intramolecular Hbond substituents is 1. The van der Waals surface area contributed by atoms with Crippen LogP contribution in [-0.4, -0.2) is 11.3 Å². The van der Waals surface area contributed by atoms with Crippen molar-refractivity contribution < 1.29 is 31.4 Å². The molecule has 0 amide bonds. The molecule has 3 N–H and O–H groups in total. The third-order valence-electron chi connectivity index (χ3n) is 2.28. The van der Waals surface area contributed by atoms with Gasteiger partial charge < -0.3 is 10.8 Å². The van der Waals surface area contributed by atoms with Gasteiger partial charge in [0.1, 0.15) is 11.8 Å². The van der Waals surface area contributed by atoms with Crippen molar-refractivity contribution in [2.75, 3.05) is 0 Å². The summed E-state index contributed by atoms with van der Waals surface area (Å²) in [4.78, 5) is 0. The zero-order valence-corrected chi connectivity index (χ0v) is 8.97. The molecule has 0 heterocycles. The maximum atomic E-state index is 12.5. The molecule has 0 bridgehead atoms. The Balaban J connectivity index is 3.46. The Kier molecular flexibility index (Phi) is 3.67. The number of nitriles is 1. The maximum absolute atomic E-state index is 12.5. The molecule has 0 aliphatic carbocycles. The van der Waals surface area contributed by atoms with Crippen molar-refractivity contribution in [3.05, 3.63) is 28.8 Å². The van der Waals surface area contributed by atoms with Crippen LogP contribution < -0.4 is 5.73 Å². The molecule has 19 heavy (non-hydrogen) atoms. The first-order valence-electron chi connectivity index (χ1n) is 4.65. The predicted molar refractivity (Wildman–Crippen MR) is 50.8 cm³/mol. The fourth-order valence-electron chi connectivity index (χ4n) is 1.36. The van der Waals surface area contributed by atoms with Crippen LogP contribution in [0.3, 0.4) is 0 Å². The molecular formula is C10H6F6N2O. The summed E-state index contributed by atoms with van der Waals surface area (Å²) in [5.41, 5.74) is 1.23. The number of rotatable bonds is 1. The highest BCUT2D eigenvalue weighted by Crippen LogP contribution is 2.40. The van der Waals surface area contributed by atoms with Crippen LogP contribution in [-0.2, 0) is 6.18 Å². The van der Waals surface area contributed by atoms with E-state index in [1.165, 1.54) is 0 Å². The van der Waals surface area contributed by atoms with Crippen molar-refractivity contribution in [3.8, 4) is 11.8 Å². The second kappa shape index (κ2) is 4.62. The van der Waals surface area contributed by atoms with Crippen LogP contribution in [0.5, 0.6) is 5.75 Å². The summed E-state index contributed by atoms with van der Waals surface area (Å²) in [6, 6.07) is -1.21.